The lowest BCUT2D eigenvalue weighted by Gasteiger charge is -2.20. The number of urea groups is 1. The number of aliphatic carboxylic acids is 1. The number of carboxylic acids is 1. The van der Waals surface area contributed by atoms with Crippen molar-refractivity contribution in [2.45, 2.75) is 25.3 Å². The third-order valence-electron chi connectivity index (χ3n) is 2.98. The van der Waals surface area contributed by atoms with Crippen molar-refractivity contribution in [3.8, 4) is 0 Å². The molecule has 6 heteroatoms. The average Bonchev–Trinajstić information content (AvgIpc) is 2.92. The number of nitrogens with zero attached hydrogens (tertiary/aromatic N) is 1. The Morgan fingerprint density at radius 1 is 1.60 bits per heavy atom. The Bertz CT molecular complexity index is 350. The second kappa shape index (κ2) is 2.95. The van der Waals surface area contributed by atoms with E-state index >= 15 is 0 Å². The van der Waals surface area contributed by atoms with Crippen LogP contribution in [0.15, 0.2) is 0 Å². The fraction of sp³-hybridized carbons (Fsp3) is 0.667. The van der Waals surface area contributed by atoms with Crippen molar-refractivity contribution in [2.24, 2.45) is 5.92 Å². The fourth-order valence-electron chi connectivity index (χ4n) is 1.93. The molecule has 2 fully saturated rings. The molecule has 2 rings (SSSR count). The smallest absolute Gasteiger partial charge is 0.325 e. The van der Waals surface area contributed by atoms with Gasteiger partial charge in [0.1, 0.15) is 5.54 Å². The van der Waals surface area contributed by atoms with Gasteiger partial charge in [0.05, 0.1) is 12.5 Å². The summed E-state index contributed by atoms with van der Waals surface area (Å²) in [4.78, 5) is 34.2. The molecule has 0 aromatic heterocycles. The summed E-state index contributed by atoms with van der Waals surface area (Å²) in [6, 6.07) is -0.640. The number of amides is 3. The van der Waals surface area contributed by atoms with E-state index in [1.165, 1.54) is 0 Å². The summed E-state index contributed by atoms with van der Waals surface area (Å²) in [5.74, 6) is -1.75. The molecule has 0 aromatic carbocycles. The van der Waals surface area contributed by atoms with Crippen LogP contribution in [0.1, 0.15) is 19.8 Å². The Labute approximate surface area is 86.2 Å². The first kappa shape index (κ1) is 9.95. The van der Waals surface area contributed by atoms with Gasteiger partial charge in [-0.3, -0.25) is 9.69 Å². The first-order chi connectivity index (χ1) is 6.95. The molecule has 1 aliphatic carbocycles. The monoisotopic (exact) mass is 211 g/mol. The van der Waals surface area contributed by atoms with Crippen LogP contribution < -0.4 is 10.4 Å². The molecule has 82 valence electrons. The lowest BCUT2D eigenvalue weighted by molar-refractivity contribution is -0.305. The van der Waals surface area contributed by atoms with Crippen molar-refractivity contribution in [3.05, 3.63) is 0 Å². The Balaban J connectivity index is 2.18. The highest BCUT2D eigenvalue weighted by Gasteiger charge is 2.55. The lowest BCUT2D eigenvalue weighted by Crippen LogP contribution is -2.47. The summed E-state index contributed by atoms with van der Waals surface area (Å²) >= 11 is 0. The molecule has 0 radical (unpaired) electrons. The Morgan fingerprint density at radius 3 is 2.67 bits per heavy atom. The Kier molecular flexibility index (Phi) is 1.95. The highest BCUT2D eigenvalue weighted by Crippen LogP contribution is 2.42. The van der Waals surface area contributed by atoms with E-state index in [-0.39, 0.29) is 5.92 Å². The first-order valence-electron chi connectivity index (χ1n) is 4.79. The maximum atomic E-state index is 11.8. The summed E-state index contributed by atoms with van der Waals surface area (Å²) in [6.45, 7) is 0.965. The van der Waals surface area contributed by atoms with Crippen LogP contribution in [0, 0.1) is 5.92 Å². The van der Waals surface area contributed by atoms with Gasteiger partial charge in [0.2, 0.25) is 0 Å². The normalized spacial score (nSPS) is 30.6. The molecule has 1 saturated carbocycles. The van der Waals surface area contributed by atoms with Crippen molar-refractivity contribution in [2.75, 3.05) is 6.54 Å². The summed E-state index contributed by atoms with van der Waals surface area (Å²) in [7, 11) is 0. The van der Waals surface area contributed by atoms with Crippen LogP contribution >= 0.6 is 0 Å². The van der Waals surface area contributed by atoms with E-state index in [4.69, 9.17) is 0 Å². The molecule has 0 bridgehead atoms. The zero-order chi connectivity index (χ0) is 11.2. The summed E-state index contributed by atoms with van der Waals surface area (Å²) < 4.78 is 0. The zero-order valence-electron chi connectivity index (χ0n) is 8.28. The number of carbonyl (C=O) groups excluding carboxylic acids is 3. The summed E-state index contributed by atoms with van der Waals surface area (Å²) in [5.41, 5.74) is -0.910. The van der Waals surface area contributed by atoms with E-state index < -0.39 is 30.0 Å². The van der Waals surface area contributed by atoms with Crippen molar-refractivity contribution in [1.82, 2.24) is 10.2 Å². The van der Waals surface area contributed by atoms with Gasteiger partial charge in [-0.05, 0) is 25.7 Å². The van der Waals surface area contributed by atoms with Crippen LogP contribution in [0.3, 0.4) is 0 Å². The molecular weight excluding hydrogens is 200 g/mol. The van der Waals surface area contributed by atoms with E-state index in [2.05, 4.69) is 5.32 Å². The van der Waals surface area contributed by atoms with E-state index in [0.29, 0.717) is 4.90 Å². The van der Waals surface area contributed by atoms with E-state index in [1.54, 1.807) is 6.92 Å². The molecule has 1 atom stereocenters. The van der Waals surface area contributed by atoms with Crippen molar-refractivity contribution in [1.29, 1.82) is 0 Å². The SMILES string of the molecule is C[C@@]1(C2CC2)NC(=O)N(CC(=O)[O-])C1=O. The van der Waals surface area contributed by atoms with Gasteiger partial charge in [0.15, 0.2) is 0 Å². The van der Waals surface area contributed by atoms with Gasteiger partial charge < -0.3 is 15.2 Å². The zero-order valence-corrected chi connectivity index (χ0v) is 8.28. The predicted molar refractivity (Wildman–Crippen MR) is 46.4 cm³/mol. The topological polar surface area (TPSA) is 89.5 Å². The number of carbonyl (C=O) groups is 3. The van der Waals surface area contributed by atoms with Crippen LogP contribution in [0.5, 0.6) is 0 Å². The first-order valence-corrected chi connectivity index (χ1v) is 4.79. The molecule has 1 saturated heterocycles. The minimum absolute atomic E-state index is 0.140. The Hall–Kier alpha value is -1.59. The van der Waals surface area contributed by atoms with Crippen LogP contribution in [0.25, 0.3) is 0 Å². The minimum atomic E-state index is -1.43. The molecule has 0 unspecified atom stereocenters. The molecule has 1 heterocycles. The molecule has 0 aromatic rings. The van der Waals surface area contributed by atoms with Crippen molar-refractivity contribution < 1.29 is 19.5 Å². The third-order valence-corrected chi connectivity index (χ3v) is 2.98. The van der Waals surface area contributed by atoms with Crippen molar-refractivity contribution in [3.63, 3.8) is 0 Å². The largest absolute Gasteiger partial charge is 0.548 e. The Morgan fingerprint density at radius 2 is 2.20 bits per heavy atom. The molecule has 3 amide bonds. The van der Waals surface area contributed by atoms with Gasteiger partial charge in [-0.15, -0.1) is 0 Å². The summed E-state index contributed by atoms with van der Waals surface area (Å²) in [6.07, 6.45) is 1.78. The van der Waals surface area contributed by atoms with Gasteiger partial charge >= 0.3 is 6.03 Å². The number of rotatable bonds is 3. The van der Waals surface area contributed by atoms with Gasteiger partial charge in [0, 0.05) is 0 Å². The van der Waals surface area contributed by atoms with Crippen molar-refractivity contribution >= 4 is 17.9 Å². The van der Waals surface area contributed by atoms with E-state index in [0.717, 1.165) is 12.8 Å². The van der Waals surface area contributed by atoms with Crippen LogP contribution in [-0.4, -0.2) is 34.9 Å². The van der Waals surface area contributed by atoms with Gasteiger partial charge in [0.25, 0.3) is 5.91 Å². The van der Waals surface area contributed by atoms with Gasteiger partial charge in [-0.1, -0.05) is 0 Å². The van der Waals surface area contributed by atoms with E-state index in [9.17, 15) is 19.5 Å². The number of hydrogen-bond acceptors (Lipinski definition) is 4. The molecular formula is C9H11N2O4-. The predicted octanol–water partition coefficient (Wildman–Crippen LogP) is -1.54. The maximum absolute atomic E-state index is 11.8. The fourth-order valence-corrected chi connectivity index (χ4v) is 1.93. The molecule has 1 N–H and O–H groups in total. The highest BCUT2D eigenvalue weighted by atomic mass is 16.4. The number of nitrogens with one attached hydrogen (secondary N) is 1. The van der Waals surface area contributed by atoms with Gasteiger partial charge in [-0.2, -0.15) is 0 Å². The highest BCUT2D eigenvalue weighted by molar-refractivity contribution is 6.08. The summed E-state index contributed by atoms with van der Waals surface area (Å²) in [5, 5.41) is 12.9. The van der Waals surface area contributed by atoms with Crippen LogP contribution in [-0.2, 0) is 9.59 Å². The van der Waals surface area contributed by atoms with Gasteiger partial charge in [-0.25, -0.2) is 4.79 Å². The second-order valence-electron chi connectivity index (χ2n) is 4.17. The molecule has 0 spiro atoms. The molecule has 1 aliphatic heterocycles. The van der Waals surface area contributed by atoms with E-state index in [1.807, 2.05) is 0 Å². The molecule has 6 nitrogen and oxygen atoms in total. The van der Waals surface area contributed by atoms with Crippen LogP contribution in [0.4, 0.5) is 4.79 Å². The average molecular weight is 211 g/mol. The standard InChI is InChI=1S/C9H12N2O4/c1-9(5-2-3-5)7(14)11(4-6(12)13)8(15)10-9/h5H,2-4H2,1H3,(H,10,15)(H,12,13)/p-1/t9-/m0/s1. The number of carboxylic acid groups (broad SMARTS) is 1. The molecule has 15 heavy (non-hydrogen) atoms. The lowest BCUT2D eigenvalue weighted by atomic mass is 9.96. The number of hydrogen-bond donors (Lipinski definition) is 1. The molecule has 2 aliphatic rings. The second-order valence-corrected chi connectivity index (χ2v) is 4.17. The quantitative estimate of drug-likeness (QED) is 0.573. The van der Waals surface area contributed by atoms with Crippen LogP contribution in [0.2, 0.25) is 0 Å². The minimum Gasteiger partial charge on any atom is -0.548 e. The number of imide groups is 1. The maximum Gasteiger partial charge on any atom is 0.325 e. The third kappa shape index (κ3) is 1.45.